The maximum absolute atomic E-state index is 12.5. The quantitative estimate of drug-likeness (QED) is 0.543. The molecule has 0 atom stereocenters. The van der Waals surface area contributed by atoms with Gasteiger partial charge >= 0.3 is 0 Å². The van der Waals surface area contributed by atoms with Gasteiger partial charge in [0.25, 0.3) is 5.91 Å². The molecule has 0 saturated carbocycles. The lowest BCUT2D eigenvalue weighted by Gasteiger charge is -2.13. The number of amides is 1. The predicted molar refractivity (Wildman–Crippen MR) is 94.1 cm³/mol. The van der Waals surface area contributed by atoms with E-state index in [9.17, 15) is 4.79 Å². The molecule has 2 nitrogen and oxygen atoms in total. The molecule has 0 bridgehead atoms. The molecular weight excluding hydrogens is 374 g/mol. The number of carbonyl (C=O) groups is 1. The molecule has 2 heterocycles. The van der Waals surface area contributed by atoms with Gasteiger partial charge in [0.05, 0.1) is 14.4 Å². The lowest BCUT2D eigenvalue weighted by atomic mass is 10.3. The Morgan fingerprint density at radius 1 is 1.15 bits per heavy atom. The van der Waals surface area contributed by atoms with E-state index < -0.39 is 0 Å². The molecule has 100 valence electrons. The zero-order valence-corrected chi connectivity index (χ0v) is 14.1. The van der Waals surface area contributed by atoms with Crippen molar-refractivity contribution in [2.75, 3.05) is 4.90 Å². The Kier molecular flexibility index (Phi) is 4.07. The van der Waals surface area contributed by atoms with Crippen LogP contribution in [0.25, 0.3) is 6.08 Å². The minimum absolute atomic E-state index is 0.0595. The molecule has 0 spiro atoms. The molecule has 1 aromatic heterocycles. The zero-order valence-electron chi connectivity index (χ0n) is 10.1. The maximum Gasteiger partial charge on any atom is 0.270 e. The number of carbonyl (C=O) groups excluding carboxylic acids is 1. The molecule has 2 aromatic rings. The number of thiophene rings is 1. The van der Waals surface area contributed by atoms with E-state index in [0.29, 0.717) is 9.23 Å². The minimum Gasteiger partial charge on any atom is -0.268 e. The summed E-state index contributed by atoms with van der Waals surface area (Å²) < 4.78 is 1.62. The van der Waals surface area contributed by atoms with Gasteiger partial charge in [-0.2, -0.15) is 0 Å². The van der Waals surface area contributed by atoms with Crippen LogP contribution in [0.15, 0.2) is 51.2 Å². The Morgan fingerprint density at radius 2 is 1.90 bits per heavy atom. The fourth-order valence-corrected chi connectivity index (χ4v) is 4.53. The van der Waals surface area contributed by atoms with Gasteiger partial charge in [-0.15, -0.1) is 11.3 Å². The van der Waals surface area contributed by atoms with E-state index >= 15 is 0 Å². The lowest BCUT2D eigenvalue weighted by molar-refractivity contribution is -0.113. The Labute approximate surface area is 138 Å². The average Bonchev–Trinajstić information content (AvgIpc) is 2.96. The highest BCUT2D eigenvalue weighted by Crippen LogP contribution is 2.37. The largest absolute Gasteiger partial charge is 0.270 e. The summed E-state index contributed by atoms with van der Waals surface area (Å²) in [5, 5.41) is 0. The van der Waals surface area contributed by atoms with Crippen LogP contribution in [0.4, 0.5) is 5.69 Å². The second-order valence-electron chi connectivity index (χ2n) is 3.99. The Bertz CT molecular complexity index is 708. The van der Waals surface area contributed by atoms with Crippen LogP contribution in [0.2, 0.25) is 0 Å². The van der Waals surface area contributed by atoms with Crippen molar-refractivity contribution in [3.63, 3.8) is 0 Å². The van der Waals surface area contributed by atoms with E-state index in [1.165, 1.54) is 11.8 Å². The molecule has 1 saturated heterocycles. The number of halogens is 1. The number of para-hydroxylation sites is 1. The Balaban J connectivity index is 1.93. The highest BCUT2D eigenvalue weighted by molar-refractivity contribution is 9.11. The second kappa shape index (κ2) is 5.81. The van der Waals surface area contributed by atoms with Gasteiger partial charge in [0.15, 0.2) is 4.32 Å². The highest BCUT2D eigenvalue weighted by atomic mass is 79.9. The molecule has 0 N–H and O–H groups in total. The third kappa shape index (κ3) is 2.74. The van der Waals surface area contributed by atoms with Crippen molar-refractivity contribution in [3.8, 4) is 0 Å². The molecule has 6 heteroatoms. The summed E-state index contributed by atoms with van der Waals surface area (Å²) in [4.78, 5) is 15.7. The zero-order chi connectivity index (χ0) is 14.1. The highest BCUT2D eigenvalue weighted by Gasteiger charge is 2.33. The molecule has 1 aromatic carbocycles. The third-order valence-electron chi connectivity index (χ3n) is 2.68. The van der Waals surface area contributed by atoms with Crippen molar-refractivity contribution in [1.29, 1.82) is 0 Å². The van der Waals surface area contributed by atoms with Gasteiger partial charge in [-0.3, -0.25) is 9.69 Å². The van der Waals surface area contributed by atoms with E-state index in [2.05, 4.69) is 15.9 Å². The van der Waals surface area contributed by atoms with Crippen molar-refractivity contribution in [1.82, 2.24) is 0 Å². The first-order valence-electron chi connectivity index (χ1n) is 5.73. The molecule has 1 fully saturated rings. The predicted octanol–water partition coefficient (Wildman–Crippen LogP) is 4.92. The number of benzene rings is 1. The van der Waals surface area contributed by atoms with Crippen LogP contribution in [0, 0.1) is 0 Å². The minimum atomic E-state index is -0.0595. The van der Waals surface area contributed by atoms with Crippen LogP contribution >= 0.6 is 51.2 Å². The van der Waals surface area contributed by atoms with Gasteiger partial charge in [-0.05, 0) is 46.3 Å². The first-order valence-corrected chi connectivity index (χ1v) is 8.57. The monoisotopic (exact) mass is 381 g/mol. The summed E-state index contributed by atoms with van der Waals surface area (Å²) in [5.41, 5.74) is 0.811. The topological polar surface area (TPSA) is 20.3 Å². The molecule has 1 amide bonds. The Hall–Kier alpha value is -0.950. The molecular formula is C14H8BrNOS3. The molecule has 20 heavy (non-hydrogen) atoms. The second-order valence-corrected chi connectivity index (χ2v) is 8.16. The summed E-state index contributed by atoms with van der Waals surface area (Å²) in [7, 11) is 0. The van der Waals surface area contributed by atoms with Crippen LogP contribution in [0.5, 0.6) is 0 Å². The van der Waals surface area contributed by atoms with Crippen LogP contribution in [0.3, 0.4) is 0 Å². The number of nitrogens with zero attached hydrogens (tertiary/aromatic N) is 1. The van der Waals surface area contributed by atoms with Gasteiger partial charge in [0.2, 0.25) is 0 Å². The van der Waals surface area contributed by atoms with Crippen LogP contribution < -0.4 is 4.90 Å². The van der Waals surface area contributed by atoms with Crippen molar-refractivity contribution >= 4 is 73.2 Å². The van der Waals surface area contributed by atoms with E-state index in [1.54, 1.807) is 16.2 Å². The summed E-state index contributed by atoms with van der Waals surface area (Å²) >= 11 is 11.7. The van der Waals surface area contributed by atoms with Crippen LogP contribution in [-0.2, 0) is 4.79 Å². The maximum atomic E-state index is 12.5. The van der Waals surface area contributed by atoms with Gasteiger partial charge in [-0.1, -0.05) is 42.2 Å². The van der Waals surface area contributed by atoms with Crippen LogP contribution in [-0.4, -0.2) is 10.2 Å². The summed E-state index contributed by atoms with van der Waals surface area (Å²) in [6.45, 7) is 0. The summed E-state index contributed by atoms with van der Waals surface area (Å²) in [6, 6.07) is 13.4. The number of thioether (sulfide) groups is 1. The SMILES string of the molecule is O=C1/C(=C\c2ccc(Br)s2)SC(=S)N1c1ccccc1. The Morgan fingerprint density at radius 3 is 2.55 bits per heavy atom. The van der Waals surface area contributed by atoms with Gasteiger partial charge in [0.1, 0.15) is 0 Å². The third-order valence-corrected chi connectivity index (χ3v) is 5.55. The van der Waals surface area contributed by atoms with Crippen molar-refractivity contribution in [2.24, 2.45) is 0 Å². The molecule has 0 unspecified atom stereocenters. The summed E-state index contributed by atoms with van der Waals surface area (Å²) in [6.07, 6.45) is 1.89. The molecule has 3 rings (SSSR count). The number of hydrogen-bond acceptors (Lipinski definition) is 4. The first-order chi connectivity index (χ1) is 9.65. The number of hydrogen-bond donors (Lipinski definition) is 0. The van der Waals surface area contributed by atoms with E-state index in [0.717, 1.165) is 14.4 Å². The summed E-state index contributed by atoms with van der Waals surface area (Å²) in [5.74, 6) is -0.0595. The van der Waals surface area contributed by atoms with E-state index in [-0.39, 0.29) is 5.91 Å². The fraction of sp³-hybridized carbons (Fsp3) is 0. The van der Waals surface area contributed by atoms with Crippen molar-refractivity contribution < 1.29 is 4.79 Å². The van der Waals surface area contributed by atoms with Crippen LogP contribution in [0.1, 0.15) is 4.88 Å². The van der Waals surface area contributed by atoms with Gasteiger partial charge < -0.3 is 0 Å². The molecule has 1 aliphatic heterocycles. The van der Waals surface area contributed by atoms with E-state index in [4.69, 9.17) is 12.2 Å². The van der Waals surface area contributed by atoms with Crippen molar-refractivity contribution in [3.05, 3.63) is 56.0 Å². The fourth-order valence-electron chi connectivity index (χ4n) is 1.80. The van der Waals surface area contributed by atoms with E-state index in [1.807, 2.05) is 48.5 Å². The molecule has 1 aliphatic rings. The standard InChI is InChI=1S/C14H8BrNOS3/c15-12-7-6-10(19-12)8-11-13(17)16(14(18)20-11)9-4-2-1-3-5-9/h1-8H/b11-8+. The average molecular weight is 382 g/mol. The first kappa shape index (κ1) is 14.0. The van der Waals surface area contributed by atoms with Crippen molar-refractivity contribution in [2.45, 2.75) is 0 Å². The number of thiocarbonyl (C=S) groups is 1. The molecule has 0 radical (unpaired) electrons. The van der Waals surface area contributed by atoms with Gasteiger partial charge in [0, 0.05) is 4.88 Å². The lowest BCUT2D eigenvalue weighted by Crippen LogP contribution is -2.27. The van der Waals surface area contributed by atoms with Gasteiger partial charge in [-0.25, -0.2) is 0 Å². The smallest absolute Gasteiger partial charge is 0.268 e. The molecule has 0 aliphatic carbocycles. The number of rotatable bonds is 2. The number of anilines is 1. The normalized spacial score (nSPS) is 17.2.